The van der Waals surface area contributed by atoms with Crippen LogP contribution in [-0.4, -0.2) is 5.54 Å². The minimum absolute atomic E-state index is 0.0318. The third kappa shape index (κ3) is 1.91. The zero-order chi connectivity index (χ0) is 12.5. The lowest BCUT2D eigenvalue weighted by Gasteiger charge is -2.37. The SMILES string of the molecule is Cc1ccccc1NC1(C#N)CCCC1(C)C. The van der Waals surface area contributed by atoms with E-state index in [4.69, 9.17) is 0 Å². The van der Waals surface area contributed by atoms with Crippen LogP contribution in [0.15, 0.2) is 24.3 Å². The van der Waals surface area contributed by atoms with Gasteiger partial charge in [-0.1, -0.05) is 32.0 Å². The van der Waals surface area contributed by atoms with Crippen LogP contribution in [-0.2, 0) is 0 Å². The number of anilines is 1. The summed E-state index contributed by atoms with van der Waals surface area (Å²) in [5.41, 5.74) is 1.90. The fraction of sp³-hybridized carbons (Fsp3) is 0.533. The standard InChI is InChI=1S/C15H20N2/c1-12-7-4-5-8-13(12)17-15(11-16)10-6-9-14(15,2)3/h4-5,7-8,17H,6,9-10H2,1-3H3. The summed E-state index contributed by atoms with van der Waals surface area (Å²) in [7, 11) is 0. The van der Waals surface area contributed by atoms with Gasteiger partial charge in [-0.2, -0.15) is 5.26 Å². The molecule has 2 rings (SSSR count). The van der Waals surface area contributed by atoms with Crippen LogP contribution in [0.5, 0.6) is 0 Å². The number of nitrogens with zero attached hydrogens (tertiary/aromatic N) is 1. The lowest BCUT2D eigenvalue weighted by molar-refractivity contribution is 0.290. The number of rotatable bonds is 2. The molecule has 1 aliphatic carbocycles. The van der Waals surface area contributed by atoms with Gasteiger partial charge in [-0.25, -0.2) is 0 Å². The average molecular weight is 228 g/mol. The van der Waals surface area contributed by atoms with E-state index >= 15 is 0 Å². The minimum atomic E-state index is -0.418. The van der Waals surface area contributed by atoms with Crippen molar-refractivity contribution in [3.63, 3.8) is 0 Å². The third-order valence-corrected chi connectivity index (χ3v) is 4.19. The largest absolute Gasteiger partial charge is 0.367 e. The molecule has 1 aliphatic rings. The van der Waals surface area contributed by atoms with Crippen molar-refractivity contribution in [1.29, 1.82) is 5.26 Å². The molecule has 90 valence electrons. The van der Waals surface area contributed by atoms with Gasteiger partial charge in [0, 0.05) is 11.1 Å². The molecule has 1 aromatic rings. The summed E-state index contributed by atoms with van der Waals surface area (Å²) >= 11 is 0. The van der Waals surface area contributed by atoms with Gasteiger partial charge in [-0.3, -0.25) is 0 Å². The first-order chi connectivity index (χ1) is 8.01. The van der Waals surface area contributed by atoms with Crippen molar-refractivity contribution in [2.75, 3.05) is 5.32 Å². The number of para-hydroxylation sites is 1. The molecule has 0 aromatic heterocycles. The highest BCUT2D eigenvalue weighted by Crippen LogP contribution is 2.47. The van der Waals surface area contributed by atoms with E-state index in [0.717, 1.165) is 24.9 Å². The van der Waals surface area contributed by atoms with Gasteiger partial charge in [0.15, 0.2) is 0 Å². The molecule has 0 heterocycles. The maximum absolute atomic E-state index is 9.59. The monoisotopic (exact) mass is 228 g/mol. The second-order valence-electron chi connectivity index (χ2n) is 5.69. The first-order valence-electron chi connectivity index (χ1n) is 6.26. The lowest BCUT2D eigenvalue weighted by atomic mass is 9.75. The number of nitrogens with one attached hydrogen (secondary N) is 1. The van der Waals surface area contributed by atoms with E-state index in [1.807, 2.05) is 12.1 Å². The summed E-state index contributed by atoms with van der Waals surface area (Å²) in [6.07, 6.45) is 3.17. The molecule has 1 fully saturated rings. The number of hydrogen-bond donors (Lipinski definition) is 1. The molecular weight excluding hydrogens is 208 g/mol. The van der Waals surface area contributed by atoms with Crippen LogP contribution in [0.2, 0.25) is 0 Å². The van der Waals surface area contributed by atoms with E-state index in [1.54, 1.807) is 0 Å². The predicted molar refractivity (Wildman–Crippen MR) is 70.8 cm³/mol. The number of aryl methyl sites for hydroxylation is 1. The Morgan fingerprint density at radius 3 is 2.47 bits per heavy atom. The molecule has 1 saturated carbocycles. The minimum Gasteiger partial charge on any atom is -0.367 e. The quantitative estimate of drug-likeness (QED) is 0.833. The second-order valence-corrected chi connectivity index (χ2v) is 5.69. The van der Waals surface area contributed by atoms with Gasteiger partial charge in [-0.15, -0.1) is 0 Å². The van der Waals surface area contributed by atoms with Crippen molar-refractivity contribution in [2.45, 2.75) is 45.6 Å². The highest BCUT2D eigenvalue weighted by molar-refractivity contribution is 5.54. The van der Waals surface area contributed by atoms with Crippen molar-refractivity contribution in [1.82, 2.24) is 0 Å². The molecule has 2 nitrogen and oxygen atoms in total. The summed E-state index contributed by atoms with van der Waals surface area (Å²) in [5.74, 6) is 0. The fourth-order valence-electron chi connectivity index (χ4n) is 2.76. The molecule has 1 aromatic carbocycles. The van der Waals surface area contributed by atoms with Crippen molar-refractivity contribution < 1.29 is 0 Å². The molecule has 1 N–H and O–H groups in total. The van der Waals surface area contributed by atoms with Crippen LogP contribution < -0.4 is 5.32 Å². The van der Waals surface area contributed by atoms with E-state index in [9.17, 15) is 5.26 Å². The molecule has 0 spiro atoms. The van der Waals surface area contributed by atoms with Crippen LogP contribution in [0.3, 0.4) is 0 Å². The summed E-state index contributed by atoms with van der Waals surface area (Å²) in [4.78, 5) is 0. The zero-order valence-corrected chi connectivity index (χ0v) is 10.9. The van der Waals surface area contributed by atoms with Crippen molar-refractivity contribution in [3.8, 4) is 6.07 Å². The van der Waals surface area contributed by atoms with Crippen LogP contribution in [0, 0.1) is 23.7 Å². The Morgan fingerprint density at radius 1 is 1.24 bits per heavy atom. The van der Waals surface area contributed by atoms with Gasteiger partial charge >= 0.3 is 0 Å². The molecule has 0 amide bonds. The molecule has 0 radical (unpaired) electrons. The smallest absolute Gasteiger partial charge is 0.130 e. The summed E-state index contributed by atoms with van der Waals surface area (Å²) in [6.45, 7) is 6.46. The maximum atomic E-state index is 9.59. The number of hydrogen-bond acceptors (Lipinski definition) is 2. The van der Waals surface area contributed by atoms with E-state index in [-0.39, 0.29) is 5.41 Å². The Morgan fingerprint density at radius 2 is 1.94 bits per heavy atom. The van der Waals surface area contributed by atoms with Gasteiger partial charge in [0.05, 0.1) is 6.07 Å². The molecule has 0 aliphatic heterocycles. The highest BCUT2D eigenvalue weighted by Gasteiger charge is 2.49. The van der Waals surface area contributed by atoms with Crippen LogP contribution in [0.4, 0.5) is 5.69 Å². The first-order valence-corrected chi connectivity index (χ1v) is 6.26. The topological polar surface area (TPSA) is 35.8 Å². The molecular formula is C15H20N2. The Hall–Kier alpha value is -1.49. The van der Waals surface area contributed by atoms with E-state index in [2.05, 4.69) is 44.3 Å². The van der Waals surface area contributed by atoms with Crippen molar-refractivity contribution in [2.24, 2.45) is 5.41 Å². The Bertz CT molecular complexity index is 456. The third-order valence-electron chi connectivity index (χ3n) is 4.19. The summed E-state index contributed by atoms with van der Waals surface area (Å²) in [5, 5.41) is 13.1. The molecule has 0 bridgehead atoms. The van der Waals surface area contributed by atoms with E-state index in [0.29, 0.717) is 0 Å². The zero-order valence-electron chi connectivity index (χ0n) is 10.9. The number of benzene rings is 1. The molecule has 0 saturated heterocycles. The van der Waals surface area contributed by atoms with Crippen LogP contribution in [0.25, 0.3) is 0 Å². The Kier molecular flexibility index (Phi) is 2.87. The van der Waals surface area contributed by atoms with E-state index in [1.165, 1.54) is 5.56 Å². The predicted octanol–water partition coefficient (Wildman–Crippen LogP) is 3.88. The highest BCUT2D eigenvalue weighted by atomic mass is 15.0. The van der Waals surface area contributed by atoms with E-state index < -0.39 is 5.54 Å². The van der Waals surface area contributed by atoms with Gasteiger partial charge in [0.25, 0.3) is 0 Å². The normalized spacial score (nSPS) is 26.5. The second kappa shape index (κ2) is 4.07. The Balaban J connectivity index is 2.34. The first kappa shape index (κ1) is 12.0. The van der Waals surface area contributed by atoms with Gasteiger partial charge in [-0.05, 0) is 37.8 Å². The van der Waals surface area contributed by atoms with Gasteiger partial charge < -0.3 is 5.32 Å². The van der Waals surface area contributed by atoms with Crippen LogP contribution in [0.1, 0.15) is 38.7 Å². The Labute approximate surface area is 104 Å². The lowest BCUT2D eigenvalue weighted by Crippen LogP contribution is -2.46. The molecule has 1 unspecified atom stereocenters. The summed E-state index contributed by atoms with van der Waals surface area (Å²) < 4.78 is 0. The molecule has 1 atom stereocenters. The van der Waals surface area contributed by atoms with Crippen molar-refractivity contribution in [3.05, 3.63) is 29.8 Å². The average Bonchev–Trinajstić information content (AvgIpc) is 2.58. The molecule has 17 heavy (non-hydrogen) atoms. The molecule has 2 heteroatoms. The number of nitriles is 1. The van der Waals surface area contributed by atoms with Gasteiger partial charge in [0.2, 0.25) is 0 Å². The summed E-state index contributed by atoms with van der Waals surface area (Å²) in [6, 6.07) is 10.7. The fourth-order valence-corrected chi connectivity index (χ4v) is 2.76. The van der Waals surface area contributed by atoms with Crippen LogP contribution >= 0.6 is 0 Å². The maximum Gasteiger partial charge on any atom is 0.130 e. The van der Waals surface area contributed by atoms with Crippen molar-refractivity contribution >= 4 is 5.69 Å². The van der Waals surface area contributed by atoms with Gasteiger partial charge in [0.1, 0.15) is 5.54 Å².